The number of likely N-dealkylation sites (tertiary alicyclic amines) is 1. The summed E-state index contributed by atoms with van der Waals surface area (Å²) in [5.74, 6) is 1.47. The van der Waals surface area contributed by atoms with Crippen molar-refractivity contribution >= 4 is 0 Å². The molecule has 2 bridgehead atoms. The quantitative estimate of drug-likeness (QED) is 0.706. The van der Waals surface area contributed by atoms with Gasteiger partial charge < -0.3 is 14.9 Å². The van der Waals surface area contributed by atoms with Crippen LogP contribution in [0.5, 0.6) is 5.75 Å². The largest absolute Gasteiger partial charge is 0.486 e. The third kappa shape index (κ3) is 1.63. The van der Waals surface area contributed by atoms with E-state index in [9.17, 15) is 15.4 Å². The fourth-order valence-corrected chi connectivity index (χ4v) is 6.90. The van der Waals surface area contributed by atoms with Gasteiger partial charge in [0.2, 0.25) is 0 Å². The van der Waals surface area contributed by atoms with Crippen molar-refractivity contribution in [2.75, 3.05) is 13.1 Å². The van der Waals surface area contributed by atoms with Crippen LogP contribution < -0.4 is 4.74 Å². The molecule has 0 amide bonds. The lowest BCUT2D eigenvalue weighted by atomic mass is 9.48. The molecule has 1 spiro atoms. The molecule has 140 valence electrons. The summed E-state index contributed by atoms with van der Waals surface area (Å²) in [4.78, 5) is 0. The fourth-order valence-electron chi connectivity index (χ4n) is 6.90. The highest BCUT2D eigenvalue weighted by molar-refractivity contribution is 5.59. The molecular formula is C21H28NO4+. The molecule has 2 aliphatic heterocycles. The predicted molar refractivity (Wildman–Crippen MR) is 94.1 cm³/mol. The second kappa shape index (κ2) is 4.64. The van der Waals surface area contributed by atoms with Crippen molar-refractivity contribution in [1.29, 1.82) is 0 Å². The van der Waals surface area contributed by atoms with Gasteiger partial charge in [0.25, 0.3) is 0 Å². The third-order valence-corrected chi connectivity index (χ3v) is 8.27. The molecule has 0 aromatic heterocycles. The second-order valence-corrected chi connectivity index (χ2v) is 9.59. The summed E-state index contributed by atoms with van der Waals surface area (Å²) in [6.07, 6.45) is 3.87. The van der Waals surface area contributed by atoms with Gasteiger partial charge in [-0.25, -0.2) is 5.21 Å². The molecule has 6 atom stereocenters. The van der Waals surface area contributed by atoms with Crippen LogP contribution >= 0.6 is 0 Å². The Bertz CT molecular complexity index is 807. The molecule has 3 aliphatic carbocycles. The minimum atomic E-state index is -1.01. The second-order valence-electron chi connectivity index (χ2n) is 9.59. The Labute approximate surface area is 153 Å². The molecule has 26 heavy (non-hydrogen) atoms. The van der Waals surface area contributed by atoms with Gasteiger partial charge in [-0.2, -0.15) is 4.65 Å². The molecule has 1 aromatic rings. The lowest BCUT2D eigenvalue weighted by molar-refractivity contribution is -1.13. The van der Waals surface area contributed by atoms with Gasteiger partial charge in [-0.05, 0) is 43.7 Å². The van der Waals surface area contributed by atoms with Crippen LogP contribution in [0.1, 0.15) is 48.8 Å². The summed E-state index contributed by atoms with van der Waals surface area (Å²) in [6.45, 7) is 3.44. The van der Waals surface area contributed by atoms with Crippen molar-refractivity contribution < 1.29 is 24.8 Å². The SMILES string of the molecule is Cc1ccc2c3c1O[C@@H]1[C@H](O)CC[C@]4(O)[C@H](C2)[N+](O)(CC2CC2)CC[C@@]314. The topological polar surface area (TPSA) is 69.9 Å². The van der Waals surface area contributed by atoms with Gasteiger partial charge in [0, 0.05) is 24.3 Å². The monoisotopic (exact) mass is 358 g/mol. The number of piperidine rings is 1. The number of rotatable bonds is 2. The average molecular weight is 358 g/mol. The molecule has 5 aliphatic rings. The minimum Gasteiger partial charge on any atom is -0.486 e. The van der Waals surface area contributed by atoms with Gasteiger partial charge in [0.05, 0.1) is 11.5 Å². The predicted octanol–water partition coefficient (Wildman–Crippen LogP) is 1.82. The maximum absolute atomic E-state index is 12.1. The molecule has 6 rings (SSSR count). The molecule has 0 radical (unpaired) electrons. The Hall–Kier alpha value is -1.14. The van der Waals surface area contributed by atoms with Crippen LogP contribution in [0, 0.1) is 12.8 Å². The van der Waals surface area contributed by atoms with Crippen LogP contribution in [0.3, 0.4) is 0 Å². The zero-order valence-electron chi connectivity index (χ0n) is 15.3. The van der Waals surface area contributed by atoms with Gasteiger partial charge in [0.15, 0.2) is 6.04 Å². The van der Waals surface area contributed by atoms with Crippen LogP contribution in [0.4, 0.5) is 0 Å². The molecule has 5 heteroatoms. The number of quaternary nitrogens is 1. The molecule has 2 saturated carbocycles. The number of aliphatic hydroxyl groups is 2. The summed E-state index contributed by atoms with van der Waals surface area (Å²) in [5.41, 5.74) is 1.83. The van der Waals surface area contributed by atoms with Gasteiger partial charge in [-0.15, -0.1) is 0 Å². The fraction of sp³-hybridized carbons (Fsp3) is 0.714. The van der Waals surface area contributed by atoms with E-state index in [0.717, 1.165) is 23.4 Å². The molecule has 5 nitrogen and oxygen atoms in total. The van der Waals surface area contributed by atoms with Crippen molar-refractivity contribution in [2.45, 2.75) is 74.7 Å². The summed E-state index contributed by atoms with van der Waals surface area (Å²) in [6, 6.07) is 4.01. The first-order chi connectivity index (χ1) is 12.4. The van der Waals surface area contributed by atoms with Gasteiger partial charge >= 0.3 is 0 Å². The van der Waals surface area contributed by atoms with E-state index >= 15 is 0 Å². The summed E-state index contributed by atoms with van der Waals surface area (Å²) in [5, 5.41) is 34.5. The van der Waals surface area contributed by atoms with Crippen molar-refractivity contribution in [3.63, 3.8) is 0 Å². The number of aryl methyl sites for hydroxylation is 1. The molecular weight excluding hydrogens is 330 g/mol. The maximum Gasteiger partial charge on any atom is 0.153 e. The van der Waals surface area contributed by atoms with E-state index in [-0.39, 0.29) is 10.7 Å². The third-order valence-electron chi connectivity index (χ3n) is 8.27. The minimum absolute atomic E-state index is 0.00557. The van der Waals surface area contributed by atoms with Gasteiger partial charge in [-0.1, -0.05) is 12.1 Å². The lowest BCUT2D eigenvalue weighted by Gasteiger charge is -2.63. The molecule has 1 saturated heterocycles. The van der Waals surface area contributed by atoms with Crippen LogP contribution in [0.15, 0.2) is 12.1 Å². The van der Waals surface area contributed by atoms with E-state index in [1.165, 1.54) is 18.4 Å². The zero-order chi connectivity index (χ0) is 17.9. The van der Waals surface area contributed by atoms with Crippen LogP contribution in [0.2, 0.25) is 0 Å². The van der Waals surface area contributed by atoms with E-state index < -0.39 is 23.2 Å². The highest BCUT2D eigenvalue weighted by Crippen LogP contribution is 2.65. The van der Waals surface area contributed by atoms with Gasteiger partial charge in [-0.3, -0.25) is 0 Å². The van der Waals surface area contributed by atoms with E-state index in [0.29, 0.717) is 38.1 Å². The Balaban J connectivity index is 1.59. The van der Waals surface area contributed by atoms with Crippen molar-refractivity contribution in [2.24, 2.45) is 5.92 Å². The number of benzene rings is 1. The first-order valence-corrected chi connectivity index (χ1v) is 10.2. The van der Waals surface area contributed by atoms with Crippen molar-refractivity contribution in [3.05, 3.63) is 28.8 Å². The summed E-state index contributed by atoms with van der Waals surface area (Å²) < 4.78 is 6.34. The number of hydroxylamine groups is 3. The molecule has 3 N–H and O–H groups in total. The highest BCUT2D eigenvalue weighted by Gasteiger charge is 2.77. The molecule has 1 aromatic carbocycles. The molecule has 1 unspecified atom stereocenters. The number of aliphatic hydroxyl groups excluding tert-OH is 1. The first kappa shape index (κ1) is 15.9. The first-order valence-electron chi connectivity index (χ1n) is 10.2. The van der Waals surface area contributed by atoms with E-state index in [1.807, 2.05) is 6.92 Å². The Morgan fingerprint density at radius 1 is 1.23 bits per heavy atom. The maximum atomic E-state index is 12.1. The highest BCUT2D eigenvalue weighted by atomic mass is 16.6. The standard InChI is InChI=1S/C21H28NO4/c1-12-2-5-14-10-16-21(24)7-6-15(23)19-20(21,17(14)18(12)26-19)8-9-22(16,25)11-13-3-4-13/h2,5,13,15-16,19,23-25H,3-4,6-11H2,1H3/q+1/t15-,16+,19-,20-,21+,22?/m1/s1. The van der Waals surface area contributed by atoms with Gasteiger partial charge in [0.1, 0.15) is 30.5 Å². The molecule has 2 heterocycles. The Morgan fingerprint density at radius 2 is 2.04 bits per heavy atom. The number of hydrogen-bond acceptors (Lipinski definition) is 4. The Morgan fingerprint density at radius 3 is 2.81 bits per heavy atom. The van der Waals surface area contributed by atoms with E-state index in [4.69, 9.17) is 4.74 Å². The van der Waals surface area contributed by atoms with E-state index in [1.54, 1.807) is 0 Å². The molecule has 3 fully saturated rings. The summed E-state index contributed by atoms with van der Waals surface area (Å²) >= 11 is 0. The van der Waals surface area contributed by atoms with Crippen LogP contribution in [-0.4, -0.2) is 57.0 Å². The number of nitrogens with zero attached hydrogens (tertiary/aromatic N) is 1. The summed E-state index contributed by atoms with van der Waals surface area (Å²) in [7, 11) is 0. The Kier molecular flexibility index (Phi) is 2.83. The van der Waals surface area contributed by atoms with E-state index in [2.05, 4.69) is 12.1 Å². The van der Waals surface area contributed by atoms with Crippen LogP contribution in [0.25, 0.3) is 0 Å². The number of hydrogen-bond donors (Lipinski definition) is 3. The normalized spacial score (nSPS) is 48.1. The zero-order valence-corrected chi connectivity index (χ0v) is 15.3. The lowest BCUT2D eigenvalue weighted by Crippen LogP contribution is -2.81. The van der Waals surface area contributed by atoms with Crippen LogP contribution in [-0.2, 0) is 11.8 Å². The number of ether oxygens (including phenoxy) is 1. The average Bonchev–Trinajstić information content (AvgIpc) is 3.32. The van der Waals surface area contributed by atoms with Crippen molar-refractivity contribution in [1.82, 2.24) is 0 Å². The van der Waals surface area contributed by atoms with Crippen molar-refractivity contribution in [3.8, 4) is 5.75 Å². The smallest absolute Gasteiger partial charge is 0.153 e.